The Balaban J connectivity index is 2.87. The van der Waals surface area contributed by atoms with E-state index in [1.165, 1.54) is 7.11 Å². The smallest absolute Gasteiger partial charge is 0.344 e. The van der Waals surface area contributed by atoms with E-state index in [-0.39, 0.29) is 6.61 Å². The lowest BCUT2D eigenvalue weighted by molar-refractivity contribution is -0.145. The molecule has 0 aliphatic rings. The zero-order chi connectivity index (χ0) is 13.5. The van der Waals surface area contributed by atoms with Gasteiger partial charge >= 0.3 is 5.97 Å². The molecule has 0 heterocycles. The summed E-state index contributed by atoms with van der Waals surface area (Å²) in [5.41, 5.74) is 0.486. The van der Waals surface area contributed by atoms with Crippen LogP contribution >= 0.6 is 22.6 Å². The second kappa shape index (κ2) is 7.20. The van der Waals surface area contributed by atoms with Gasteiger partial charge < -0.3 is 14.2 Å². The molecule has 0 aliphatic heterocycles. The second-order valence-electron chi connectivity index (χ2n) is 3.25. The Labute approximate surface area is 119 Å². The van der Waals surface area contributed by atoms with Crippen molar-refractivity contribution in [2.45, 2.75) is 6.92 Å². The van der Waals surface area contributed by atoms with Gasteiger partial charge in [-0.25, -0.2) is 4.79 Å². The van der Waals surface area contributed by atoms with Crippen LogP contribution in [-0.4, -0.2) is 32.6 Å². The first-order valence-electron chi connectivity index (χ1n) is 5.23. The first kappa shape index (κ1) is 14.7. The van der Waals surface area contributed by atoms with Crippen molar-refractivity contribution in [3.63, 3.8) is 0 Å². The molecule has 6 heteroatoms. The zero-order valence-corrected chi connectivity index (χ0v) is 12.2. The van der Waals surface area contributed by atoms with Gasteiger partial charge in [0.15, 0.2) is 18.1 Å². The first-order valence-corrected chi connectivity index (χ1v) is 6.31. The fraction of sp³-hybridized carbons (Fsp3) is 0.333. The molecule has 5 nitrogen and oxygen atoms in total. The minimum Gasteiger partial charge on any atom is -0.493 e. The molecule has 0 spiro atoms. The number of carbonyl (C=O) groups is 2. The van der Waals surface area contributed by atoms with E-state index in [2.05, 4.69) is 0 Å². The molecule has 0 N–H and O–H groups in total. The molecule has 0 bridgehead atoms. The Morgan fingerprint density at radius 3 is 2.72 bits per heavy atom. The van der Waals surface area contributed by atoms with Crippen LogP contribution in [-0.2, 0) is 9.53 Å². The van der Waals surface area contributed by atoms with Crippen molar-refractivity contribution in [2.24, 2.45) is 0 Å². The summed E-state index contributed by atoms with van der Waals surface area (Å²) in [6.07, 6.45) is 0.722. The van der Waals surface area contributed by atoms with E-state index in [1.54, 1.807) is 19.1 Å². The number of carbonyl (C=O) groups excluding carboxylic acids is 2. The number of hydrogen-bond donors (Lipinski definition) is 0. The first-order chi connectivity index (χ1) is 8.62. The molecule has 1 rings (SSSR count). The predicted molar refractivity (Wildman–Crippen MR) is 73.2 cm³/mol. The number of esters is 1. The third-order valence-electron chi connectivity index (χ3n) is 2.03. The fourth-order valence-corrected chi connectivity index (χ4v) is 2.06. The molecule has 18 heavy (non-hydrogen) atoms. The number of ether oxygens (including phenoxy) is 3. The summed E-state index contributed by atoms with van der Waals surface area (Å²) in [7, 11) is 1.47. The average molecular weight is 364 g/mol. The summed E-state index contributed by atoms with van der Waals surface area (Å²) in [4.78, 5) is 21.9. The molecular formula is C12H13IO5. The van der Waals surface area contributed by atoms with E-state index in [1.807, 2.05) is 22.6 Å². The quantitative estimate of drug-likeness (QED) is 0.439. The van der Waals surface area contributed by atoms with Gasteiger partial charge in [0.1, 0.15) is 6.29 Å². The topological polar surface area (TPSA) is 61.8 Å². The number of benzene rings is 1. The van der Waals surface area contributed by atoms with Crippen LogP contribution in [0.2, 0.25) is 0 Å². The van der Waals surface area contributed by atoms with Crippen molar-refractivity contribution in [1.82, 2.24) is 0 Å². The third-order valence-corrected chi connectivity index (χ3v) is 2.83. The Morgan fingerprint density at radius 2 is 2.17 bits per heavy atom. The third kappa shape index (κ3) is 3.86. The van der Waals surface area contributed by atoms with Crippen molar-refractivity contribution < 1.29 is 23.8 Å². The molecule has 0 saturated heterocycles. The predicted octanol–water partition coefficient (Wildman–Crippen LogP) is 2.05. The summed E-state index contributed by atoms with van der Waals surface area (Å²) < 4.78 is 15.9. The summed E-state index contributed by atoms with van der Waals surface area (Å²) in [6.45, 7) is 1.84. The molecule has 1 aromatic rings. The second-order valence-corrected chi connectivity index (χ2v) is 4.41. The summed E-state index contributed by atoms with van der Waals surface area (Å²) in [6, 6.07) is 3.20. The fourth-order valence-electron chi connectivity index (χ4n) is 1.28. The van der Waals surface area contributed by atoms with Crippen LogP contribution in [0.4, 0.5) is 0 Å². The van der Waals surface area contributed by atoms with Gasteiger partial charge in [-0.15, -0.1) is 0 Å². The van der Waals surface area contributed by atoms with Crippen LogP contribution in [0.1, 0.15) is 17.3 Å². The number of methoxy groups -OCH3 is 1. The summed E-state index contributed by atoms with van der Waals surface area (Å²) in [5.74, 6) is 0.389. The van der Waals surface area contributed by atoms with E-state index in [0.717, 1.165) is 6.29 Å². The Kier molecular flexibility index (Phi) is 5.90. The molecule has 98 valence electrons. The SMILES string of the molecule is CCOC(=O)COc1c(I)cc(C=O)cc1OC. The maximum atomic E-state index is 11.2. The van der Waals surface area contributed by atoms with Gasteiger partial charge in [0.2, 0.25) is 0 Å². The van der Waals surface area contributed by atoms with Crippen molar-refractivity contribution in [3.8, 4) is 11.5 Å². The van der Waals surface area contributed by atoms with Gasteiger partial charge in [-0.05, 0) is 41.6 Å². The van der Waals surface area contributed by atoms with Gasteiger partial charge in [0.05, 0.1) is 17.3 Å². The van der Waals surface area contributed by atoms with E-state index < -0.39 is 5.97 Å². The van der Waals surface area contributed by atoms with Crippen molar-refractivity contribution >= 4 is 34.8 Å². The van der Waals surface area contributed by atoms with Gasteiger partial charge in [-0.3, -0.25) is 4.79 Å². The van der Waals surface area contributed by atoms with Crippen LogP contribution in [0, 0.1) is 3.57 Å². The zero-order valence-electron chi connectivity index (χ0n) is 10.1. The van der Waals surface area contributed by atoms with E-state index in [4.69, 9.17) is 14.2 Å². The normalized spacial score (nSPS) is 9.72. The van der Waals surface area contributed by atoms with Crippen molar-refractivity contribution in [2.75, 3.05) is 20.3 Å². The molecule has 0 aromatic heterocycles. The van der Waals surface area contributed by atoms with Crippen molar-refractivity contribution in [3.05, 3.63) is 21.3 Å². The summed E-state index contributed by atoms with van der Waals surface area (Å²) >= 11 is 2.01. The molecular weight excluding hydrogens is 351 g/mol. The van der Waals surface area contributed by atoms with Crippen molar-refractivity contribution in [1.29, 1.82) is 0 Å². The largest absolute Gasteiger partial charge is 0.493 e. The molecule has 0 radical (unpaired) electrons. The maximum Gasteiger partial charge on any atom is 0.344 e. The minimum absolute atomic E-state index is 0.194. The highest BCUT2D eigenvalue weighted by atomic mass is 127. The molecule has 1 aromatic carbocycles. The van der Waals surface area contributed by atoms with Gasteiger partial charge in [0, 0.05) is 5.56 Å². The Bertz CT molecular complexity index is 444. The maximum absolute atomic E-state index is 11.2. The van der Waals surface area contributed by atoms with Crippen LogP contribution < -0.4 is 9.47 Å². The molecule has 0 fully saturated rings. The number of aldehydes is 1. The lowest BCUT2D eigenvalue weighted by atomic mass is 10.2. The lowest BCUT2D eigenvalue weighted by Gasteiger charge is -2.12. The number of hydrogen-bond acceptors (Lipinski definition) is 5. The Hall–Kier alpha value is -1.31. The van der Waals surface area contributed by atoms with Crippen LogP contribution in [0.5, 0.6) is 11.5 Å². The highest BCUT2D eigenvalue weighted by molar-refractivity contribution is 14.1. The van der Waals surface area contributed by atoms with Gasteiger partial charge in [-0.1, -0.05) is 0 Å². The number of rotatable bonds is 6. The molecule has 0 unspecified atom stereocenters. The highest BCUT2D eigenvalue weighted by Crippen LogP contribution is 2.33. The lowest BCUT2D eigenvalue weighted by Crippen LogP contribution is -2.15. The number of halogens is 1. The average Bonchev–Trinajstić information content (AvgIpc) is 2.36. The summed E-state index contributed by atoms with van der Waals surface area (Å²) in [5, 5.41) is 0. The van der Waals surface area contributed by atoms with Crippen LogP contribution in [0.15, 0.2) is 12.1 Å². The minimum atomic E-state index is -0.449. The van der Waals surface area contributed by atoms with Crippen LogP contribution in [0.25, 0.3) is 0 Å². The molecule has 0 saturated carbocycles. The standard InChI is InChI=1S/C12H13IO5/c1-3-17-11(15)7-18-12-9(13)4-8(6-14)5-10(12)16-2/h4-6H,3,7H2,1-2H3. The molecule has 0 atom stereocenters. The Morgan fingerprint density at radius 1 is 1.44 bits per heavy atom. The molecule has 0 amide bonds. The van der Waals surface area contributed by atoms with E-state index in [9.17, 15) is 9.59 Å². The van der Waals surface area contributed by atoms with E-state index >= 15 is 0 Å². The highest BCUT2D eigenvalue weighted by Gasteiger charge is 2.13. The van der Waals surface area contributed by atoms with Gasteiger partial charge in [-0.2, -0.15) is 0 Å². The van der Waals surface area contributed by atoms with Gasteiger partial charge in [0.25, 0.3) is 0 Å². The van der Waals surface area contributed by atoms with E-state index in [0.29, 0.717) is 27.2 Å². The van der Waals surface area contributed by atoms with Crippen LogP contribution in [0.3, 0.4) is 0 Å². The molecule has 0 aliphatic carbocycles. The monoisotopic (exact) mass is 364 g/mol.